The normalized spacial score (nSPS) is 14.9. The molecule has 2 atom stereocenters. The molecule has 4 nitrogen and oxygen atoms in total. The van der Waals surface area contributed by atoms with Gasteiger partial charge in [0.2, 0.25) is 5.91 Å². The average molecular weight is 258 g/mol. The summed E-state index contributed by atoms with van der Waals surface area (Å²) >= 11 is 0. The Morgan fingerprint density at radius 2 is 1.72 bits per heavy atom. The van der Waals surface area contributed by atoms with E-state index in [9.17, 15) is 9.90 Å². The highest BCUT2D eigenvalue weighted by atomic mass is 16.3. The zero-order chi connectivity index (χ0) is 14.1. The van der Waals surface area contributed by atoms with Crippen LogP contribution in [0.1, 0.15) is 47.5 Å². The maximum absolute atomic E-state index is 11.6. The highest BCUT2D eigenvalue weighted by Gasteiger charge is 2.15. The summed E-state index contributed by atoms with van der Waals surface area (Å²) in [7, 11) is 0. The van der Waals surface area contributed by atoms with Gasteiger partial charge in [0.15, 0.2) is 0 Å². The third kappa shape index (κ3) is 6.97. The number of nitrogens with one attached hydrogen (secondary N) is 2. The van der Waals surface area contributed by atoms with E-state index in [1.165, 1.54) is 0 Å². The molecule has 18 heavy (non-hydrogen) atoms. The fourth-order valence-corrected chi connectivity index (χ4v) is 1.80. The zero-order valence-electron chi connectivity index (χ0n) is 12.5. The van der Waals surface area contributed by atoms with E-state index in [0.717, 1.165) is 12.8 Å². The van der Waals surface area contributed by atoms with Gasteiger partial charge in [0.25, 0.3) is 0 Å². The minimum Gasteiger partial charge on any atom is -0.392 e. The molecule has 1 amide bonds. The fraction of sp³-hybridized carbons (Fsp3) is 0.929. The van der Waals surface area contributed by atoms with E-state index in [1.807, 2.05) is 6.92 Å². The van der Waals surface area contributed by atoms with Crippen molar-refractivity contribution in [2.75, 3.05) is 13.1 Å². The van der Waals surface area contributed by atoms with E-state index in [4.69, 9.17) is 0 Å². The highest BCUT2D eigenvalue weighted by molar-refractivity contribution is 5.78. The molecule has 0 saturated heterocycles. The van der Waals surface area contributed by atoms with Crippen molar-refractivity contribution in [1.82, 2.24) is 10.6 Å². The molecule has 0 radical (unpaired) electrons. The largest absolute Gasteiger partial charge is 0.392 e. The van der Waals surface area contributed by atoms with Gasteiger partial charge in [0.1, 0.15) is 0 Å². The van der Waals surface area contributed by atoms with Gasteiger partial charge in [-0.25, -0.2) is 0 Å². The number of hydrogen-bond donors (Lipinski definition) is 3. The highest BCUT2D eigenvalue weighted by Crippen LogP contribution is 2.11. The lowest BCUT2D eigenvalue weighted by Crippen LogP contribution is -2.43. The standard InChI is InChI=1S/C14H30N2O2/c1-6-12(7-2)13(17)8-15-9-14(18)16-11(5)10(3)4/h10-13,15,17H,6-9H2,1-5H3,(H,16,18). The Morgan fingerprint density at radius 1 is 1.17 bits per heavy atom. The van der Waals surface area contributed by atoms with Crippen LogP contribution in [-0.2, 0) is 4.79 Å². The van der Waals surface area contributed by atoms with Gasteiger partial charge in [-0.1, -0.05) is 40.5 Å². The van der Waals surface area contributed by atoms with Gasteiger partial charge >= 0.3 is 0 Å². The summed E-state index contributed by atoms with van der Waals surface area (Å²) in [6, 6.07) is 0.184. The molecular weight excluding hydrogens is 228 g/mol. The van der Waals surface area contributed by atoms with Crippen molar-refractivity contribution >= 4 is 5.91 Å². The second-order valence-electron chi connectivity index (χ2n) is 5.38. The summed E-state index contributed by atoms with van der Waals surface area (Å²) in [6.07, 6.45) is 1.57. The lowest BCUT2D eigenvalue weighted by Gasteiger charge is -2.21. The van der Waals surface area contributed by atoms with Gasteiger partial charge in [0, 0.05) is 12.6 Å². The predicted octanol–water partition coefficient (Wildman–Crippen LogP) is 1.53. The van der Waals surface area contributed by atoms with Gasteiger partial charge in [-0.15, -0.1) is 0 Å². The Kier molecular flexibility index (Phi) is 9.02. The van der Waals surface area contributed by atoms with Crippen LogP contribution in [0.5, 0.6) is 0 Å². The molecule has 0 aromatic rings. The molecule has 0 aliphatic carbocycles. The summed E-state index contributed by atoms with van der Waals surface area (Å²) < 4.78 is 0. The lowest BCUT2D eigenvalue weighted by molar-refractivity contribution is -0.121. The van der Waals surface area contributed by atoms with E-state index < -0.39 is 0 Å². The van der Waals surface area contributed by atoms with Crippen LogP contribution in [0.4, 0.5) is 0 Å². The number of carbonyl (C=O) groups is 1. The van der Waals surface area contributed by atoms with Crippen molar-refractivity contribution in [3.63, 3.8) is 0 Å². The van der Waals surface area contributed by atoms with E-state index in [-0.39, 0.29) is 24.6 Å². The van der Waals surface area contributed by atoms with Gasteiger partial charge < -0.3 is 15.7 Å². The first-order valence-electron chi connectivity index (χ1n) is 7.10. The van der Waals surface area contributed by atoms with Crippen LogP contribution >= 0.6 is 0 Å². The van der Waals surface area contributed by atoms with Crippen molar-refractivity contribution in [3.8, 4) is 0 Å². The van der Waals surface area contributed by atoms with Crippen LogP contribution in [-0.4, -0.2) is 36.2 Å². The van der Waals surface area contributed by atoms with E-state index in [0.29, 0.717) is 18.4 Å². The molecule has 0 aromatic heterocycles. The quantitative estimate of drug-likeness (QED) is 0.588. The topological polar surface area (TPSA) is 61.4 Å². The van der Waals surface area contributed by atoms with Crippen molar-refractivity contribution in [1.29, 1.82) is 0 Å². The molecule has 0 aliphatic heterocycles. The SMILES string of the molecule is CCC(CC)C(O)CNCC(=O)NC(C)C(C)C. The third-order valence-corrected chi connectivity index (χ3v) is 3.62. The first-order chi connectivity index (χ1) is 8.42. The molecule has 0 spiro atoms. The number of aliphatic hydroxyl groups excluding tert-OH is 1. The van der Waals surface area contributed by atoms with Gasteiger partial charge in [-0.05, 0) is 18.8 Å². The molecule has 0 aliphatic rings. The second-order valence-corrected chi connectivity index (χ2v) is 5.38. The Morgan fingerprint density at radius 3 is 2.17 bits per heavy atom. The molecule has 4 heteroatoms. The fourth-order valence-electron chi connectivity index (χ4n) is 1.80. The molecule has 0 rings (SSSR count). The minimum atomic E-state index is -0.365. The molecule has 2 unspecified atom stereocenters. The smallest absolute Gasteiger partial charge is 0.234 e. The summed E-state index contributed by atoms with van der Waals surface area (Å²) in [5, 5.41) is 15.8. The molecule has 108 valence electrons. The van der Waals surface area contributed by atoms with Crippen LogP contribution in [0, 0.1) is 11.8 Å². The zero-order valence-corrected chi connectivity index (χ0v) is 12.5. The van der Waals surface area contributed by atoms with Crippen LogP contribution < -0.4 is 10.6 Å². The van der Waals surface area contributed by atoms with E-state index in [1.54, 1.807) is 0 Å². The Bertz CT molecular complexity index is 228. The second kappa shape index (κ2) is 9.34. The van der Waals surface area contributed by atoms with Crippen LogP contribution in [0.25, 0.3) is 0 Å². The molecule has 0 bridgehead atoms. The molecule has 0 fully saturated rings. The monoisotopic (exact) mass is 258 g/mol. The maximum atomic E-state index is 11.6. The number of amides is 1. The first-order valence-corrected chi connectivity index (χ1v) is 7.10. The maximum Gasteiger partial charge on any atom is 0.234 e. The molecule has 0 aromatic carbocycles. The van der Waals surface area contributed by atoms with Crippen molar-refractivity contribution in [2.24, 2.45) is 11.8 Å². The third-order valence-electron chi connectivity index (χ3n) is 3.62. The lowest BCUT2D eigenvalue weighted by atomic mass is 9.96. The van der Waals surface area contributed by atoms with E-state index in [2.05, 4.69) is 38.3 Å². The van der Waals surface area contributed by atoms with Crippen LogP contribution in [0.15, 0.2) is 0 Å². The summed E-state index contributed by atoms with van der Waals surface area (Å²) in [4.78, 5) is 11.6. The Balaban J connectivity index is 3.80. The van der Waals surface area contributed by atoms with Gasteiger partial charge in [-0.2, -0.15) is 0 Å². The summed E-state index contributed by atoms with van der Waals surface area (Å²) in [6.45, 7) is 11.1. The predicted molar refractivity (Wildman–Crippen MR) is 75.4 cm³/mol. The van der Waals surface area contributed by atoms with Gasteiger partial charge in [0.05, 0.1) is 12.6 Å². The van der Waals surface area contributed by atoms with Crippen molar-refractivity contribution < 1.29 is 9.90 Å². The molecule has 3 N–H and O–H groups in total. The first kappa shape index (κ1) is 17.4. The molecule has 0 saturated carbocycles. The summed E-state index contributed by atoms with van der Waals surface area (Å²) in [5.74, 6) is 0.743. The molecule has 0 heterocycles. The van der Waals surface area contributed by atoms with Crippen LogP contribution in [0.2, 0.25) is 0 Å². The number of rotatable bonds is 9. The minimum absolute atomic E-state index is 0.00653. The summed E-state index contributed by atoms with van der Waals surface area (Å²) in [5.41, 5.74) is 0. The van der Waals surface area contributed by atoms with Crippen molar-refractivity contribution in [2.45, 2.75) is 59.6 Å². The number of carbonyl (C=O) groups excluding carboxylic acids is 1. The molecular formula is C14H30N2O2. The van der Waals surface area contributed by atoms with E-state index >= 15 is 0 Å². The van der Waals surface area contributed by atoms with Crippen LogP contribution in [0.3, 0.4) is 0 Å². The van der Waals surface area contributed by atoms with Crippen molar-refractivity contribution in [3.05, 3.63) is 0 Å². The number of hydrogen-bond acceptors (Lipinski definition) is 3. The number of aliphatic hydroxyl groups is 1. The van der Waals surface area contributed by atoms with Gasteiger partial charge in [-0.3, -0.25) is 4.79 Å². The Labute approximate surface area is 112 Å². The Hall–Kier alpha value is -0.610. The average Bonchev–Trinajstić information content (AvgIpc) is 2.30.